The molecule has 1 aliphatic heterocycles. The average molecular weight is 471 g/mol. The third-order valence-corrected chi connectivity index (χ3v) is 7.04. The van der Waals surface area contributed by atoms with E-state index in [0.717, 1.165) is 56.4 Å². The van der Waals surface area contributed by atoms with Crippen LogP contribution in [0.5, 0.6) is 0 Å². The van der Waals surface area contributed by atoms with Gasteiger partial charge in [-0.1, -0.05) is 23.8 Å². The molecule has 8 nitrogen and oxygen atoms in total. The van der Waals surface area contributed by atoms with Crippen LogP contribution in [0.15, 0.2) is 65.7 Å². The summed E-state index contributed by atoms with van der Waals surface area (Å²) >= 11 is 1.65. The van der Waals surface area contributed by atoms with Crippen LogP contribution < -0.4 is 10.5 Å². The number of H-pyrrole nitrogens is 1. The molecule has 5 aromatic rings. The number of fused-ring (bicyclic) bond motifs is 1. The molecule has 1 fully saturated rings. The van der Waals surface area contributed by atoms with Crippen molar-refractivity contribution in [2.45, 2.75) is 6.92 Å². The standard InChI is InChI=1S/C25H22N6O2S/c1-16-3-2-4-18(13-16)19-15-22(32)31(29-19)25-27-20-14-21(17-5-7-26-8-6-17)34-23(20)24(28-25)30-9-11-33-12-10-30/h2-8,13-15,29H,9-12H2,1H3. The van der Waals surface area contributed by atoms with Gasteiger partial charge in [0.2, 0.25) is 0 Å². The maximum Gasteiger partial charge on any atom is 0.274 e. The van der Waals surface area contributed by atoms with E-state index in [4.69, 9.17) is 14.7 Å². The van der Waals surface area contributed by atoms with Crippen molar-refractivity contribution in [3.8, 4) is 27.6 Å². The highest BCUT2D eigenvalue weighted by atomic mass is 32.1. The Labute approximate surface area is 199 Å². The molecule has 34 heavy (non-hydrogen) atoms. The third kappa shape index (κ3) is 3.78. The SMILES string of the molecule is Cc1cccc(-c2cc(=O)n(-c3nc(N4CCOCC4)c4sc(-c5ccncc5)cc4n3)[nH]2)c1. The summed E-state index contributed by atoms with van der Waals surface area (Å²) in [6.45, 7) is 4.79. The first-order chi connectivity index (χ1) is 16.7. The second-order valence-corrected chi connectivity index (χ2v) is 9.27. The number of nitrogens with zero attached hydrogens (tertiary/aromatic N) is 5. The van der Waals surface area contributed by atoms with Gasteiger partial charge >= 0.3 is 0 Å². The van der Waals surface area contributed by atoms with Crippen molar-refractivity contribution in [1.82, 2.24) is 24.7 Å². The summed E-state index contributed by atoms with van der Waals surface area (Å²) in [7, 11) is 0. The van der Waals surface area contributed by atoms with Gasteiger partial charge in [-0.3, -0.25) is 14.9 Å². The van der Waals surface area contributed by atoms with E-state index < -0.39 is 0 Å². The maximum atomic E-state index is 13.0. The molecule has 170 valence electrons. The number of ether oxygens (including phenoxy) is 1. The molecule has 0 bridgehead atoms. The van der Waals surface area contributed by atoms with Gasteiger partial charge in [-0.05, 0) is 42.3 Å². The number of thiophene rings is 1. The van der Waals surface area contributed by atoms with Crippen LogP contribution in [0.3, 0.4) is 0 Å². The van der Waals surface area contributed by atoms with Gasteiger partial charge in [-0.2, -0.15) is 9.67 Å². The van der Waals surface area contributed by atoms with E-state index in [-0.39, 0.29) is 5.56 Å². The monoisotopic (exact) mass is 470 g/mol. The largest absolute Gasteiger partial charge is 0.378 e. The van der Waals surface area contributed by atoms with Gasteiger partial charge in [0, 0.05) is 36.4 Å². The van der Waals surface area contributed by atoms with Crippen LogP contribution in [0.4, 0.5) is 5.82 Å². The summed E-state index contributed by atoms with van der Waals surface area (Å²) < 4.78 is 7.97. The minimum atomic E-state index is -0.201. The predicted molar refractivity (Wildman–Crippen MR) is 134 cm³/mol. The van der Waals surface area contributed by atoms with Crippen molar-refractivity contribution < 1.29 is 4.74 Å². The van der Waals surface area contributed by atoms with E-state index in [9.17, 15) is 4.79 Å². The normalized spacial score (nSPS) is 14.1. The van der Waals surface area contributed by atoms with Crippen LogP contribution in [0.1, 0.15) is 5.56 Å². The van der Waals surface area contributed by atoms with Crippen LogP contribution in [0.2, 0.25) is 0 Å². The lowest BCUT2D eigenvalue weighted by Crippen LogP contribution is -2.37. The molecule has 0 radical (unpaired) electrons. The van der Waals surface area contributed by atoms with Gasteiger partial charge in [0.25, 0.3) is 11.5 Å². The molecule has 0 spiro atoms. The molecule has 6 rings (SSSR count). The van der Waals surface area contributed by atoms with Crippen LogP contribution in [-0.2, 0) is 4.74 Å². The Bertz CT molecular complexity index is 1530. The number of rotatable bonds is 4. The zero-order valence-corrected chi connectivity index (χ0v) is 19.4. The molecule has 5 heterocycles. The van der Waals surface area contributed by atoms with E-state index >= 15 is 0 Å². The molecular weight excluding hydrogens is 448 g/mol. The Hall–Kier alpha value is -3.82. The first-order valence-electron chi connectivity index (χ1n) is 11.1. The number of aromatic nitrogens is 5. The lowest BCUT2D eigenvalue weighted by molar-refractivity contribution is 0.122. The van der Waals surface area contributed by atoms with Crippen molar-refractivity contribution in [2.24, 2.45) is 0 Å². The molecule has 1 aliphatic rings. The molecule has 0 saturated carbocycles. The van der Waals surface area contributed by atoms with Crippen molar-refractivity contribution in [3.05, 3.63) is 76.8 Å². The highest BCUT2D eigenvalue weighted by molar-refractivity contribution is 7.22. The van der Waals surface area contributed by atoms with Crippen molar-refractivity contribution >= 4 is 27.4 Å². The molecule has 1 N–H and O–H groups in total. The second kappa shape index (κ2) is 8.51. The highest BCUT2D eigenvalue weighted by Crippen LogP contribution is 2.37. The Balaban J connectivity index is 1.51. The first-order valence-corrected chi connectivity index (χ1v) is 11.9. The van der Waals surface area contributed by atoms with Gasteiger partial charge in [-0.15, -0.1) is 11.3 Å². The molecule has 0 aliphatic carbocycles. The molecule has 1 aromatic carbocycles. The van der Waals surface area contributed by atoms with Crippen molar-refractivity contribution in [2.75, 3.05) is 31.2 Å². The van der Waals surface area contributed by atoms with E-state index in [1.165, 1.54) is 4.68 Å². The second-order valence-electron chi connectivity index (χ2n) is 8.22. The minimum Gasteiger partial charge on any atom is -0.378 e. The molecule has 0 amide bonds. The fourth-order valence-corrected chi connectivity index (χ4v) is 5.28. The molecule has 1 saturated heterocycles. The molecular formula is C25H22N6O2S. The van der Waals surface area contributed by atoms with Crippen LogP contribution >= 0.6 is 11.3 Å². The number of benzene rings is 1. The van der Waals surface area contributed by atoms with Gasteiger partial charge in [0.15, 0.2) is 5.82 Å². The highest BCUT2D eigenvalue weighted by Gasteiger charge is 2.21. The fraction of sp³-hybridized carbons (Fsp3) is 0.200. The van der Waals surface area contributed by atoms with Gasteiger partial charge < -0.3 is 9.64 Å². The summed E-state index contributed by atoms with van der Waals surface area (Å²) in [5.41, 5.74) is 4.48. The predicted octanol–water partition coefficient (Wildman–Crippen LogP) is 4.04. The number of aryl methyl sites for hydroxylation is 1. The van der Waals surface area contributed by atoms with Gasteiger partial charge in [0.05, 0.1) is 29.1 Å². The zero-order chi connectivity index (χ0) is 23.1. The van der Waals surface area contributed by atoms with Crippen LogP contribution in [-0.4, -0.2) is 51.0 Å². The Morgan fingerprint density at radius 2 is 1.82 bits per heavy atom. The van der Waals surface area contributed by atoms with E-state index in [2.05, 4.69) is 21.0 Å². The Morgan fingerprint density at radius 1 is 1.00 bits per heavy atom. The lowest BCUT2D eigenvalue weighted by Gasteiger charge is -2.28. The van der Waals surface area contributed by atoms with Gasteiger partial charge in [0.1, 0.15) is 0 Å². The number of anilines is 1. The number of morpholine rings is 1. The van der Waals surface area contributed by atoms with E-state index in [0.29, 0.717) is 19.2 Å². The number of nitrogens with one attached hydrogen (secondary N) is 1. The Kier molecular flexibility index (Phi) is 5.20. The summed E-state index contributed by atoms with van der Waals surface area (Å²) in [4.78, 5) is 30.0. The summed E-state index contributed by atoms with van der Waals surface area (Å²) in [5.74, 6) is 1.16. The van der Waals surface area contributed by atoms with Crippen molar-refractivity contribution in [1.29, 1.82) is 0 Å². The van der Waals surface area contributed by atoms with Crippen molar-refractivity contribution in [3.63, 3.8) is 0 Å². The third-order valence-electron chi connectivity index (χ3n) is 5.87. The summed E-state index contributed by atoms with van der Waals surface area (Å²) in [6, 6.07) is 15.6. The average Bonchev–Trinajstić information content (AvgIpc) is 3.48. The number of pyridine rings is 1. The van der Waals surface area contributed by atoms with Gasteiger partial charge in [-0.25, -0.2) is 4.98 Å². The summed E-state index contributed by atoms with van der Waals surface area (Å²) in [5, 5.41) is 3.21. The lowest BCUT2D eigenvalue weighted by atomic mass is 10.1. The van der Waals surface area contributed by atoms with E-state index in [1.807, 2.05) is 43.3 Å². The van der Waals surface area contributed by atoms with E-state index in [1.54, 1.807) is 29.8 Å². The number of aromatic amines is 1. The minimum absolute atomic E-state index is 0.201. The zero-order valence-electron chi connectivity index (χ0n) is 18.6. The Morgan fingerprint density at radius 3 is 2.62 bits per heavy atom. The maximum absolute atomic E-state index is 13.0. The topological polar surface area (TPSA) is 88.9 Å². The molecule has 9 heteroatoms. The quantitative estimate of drug-likeness (QED) is 0.426. The fourth-order valence-electron chi connectivity index (χ4n) is 4.16. The molecule has 0 unspecified atom stereocenters. The number of hydrogen-bond donors (Lipinski definition) is 1. The first kappa shape index (κ1) is 20.8. The molecule has 4 aromatic heterocycles. The summed E-state index contributed by atoms with van der Waals surface area (Å²) in [6.07, 6.45) is 3.57. The molecule has 0 atom stereocenters. The number of hydrogen-bond acceptors (Lipinski definition) is 7. The van der Waals surface area contributed by atoms with Crippen LogP contribution in [0, 0.1) is 6.92 Å². The smallest absolute Gasteiger partial charge is 0.274 e. The van der Waals surface area contributed by atoms with Crippen LogP contribution in [0.25, 0.3) is 37.9 Å².